The summed E-state index contributed by atoms with van der Waals surface area (Å²) in [5.74, 6) is 0.369. The van der Waals surface area contributed by atoms with Crippen molar-refractivity contribution in [3.63, 3.8) is 0 Å². The van der Waals surface area contributed by atoms with Crippen LogP contribution >= 0.6 is 0 Å². The second kappa shape index (κ2) is 6.06. The molecule has 0 radical (unpaired) electrons. The zero-order chi connectivity index (χ0) is 18.0. The number of hydrazone groups is 1. The Morgan fingerprint density at radius 3 is 2.24 bits per heavy atom. The molecule has 25 heavy (non-hydrogen) atoms. The molecule has 1 aliphatic heterocycles. The highest BCUT2D eigenvalue weighted by molar-refractivity contribution is 6.10. The van der Waals surface area contributed by atoms with E-state index in [1.165, 1.54) is 12.1 Å². The predicted molar refractivity (Wildman–Crippen MR) is 80.3 cm³/mol. The topological polar surface area (TPSA) is 90.4 Å². The fraction of sp³-hybridized carbons (Fsp3) is 0.0625. The number of nitrogens with one attached hydrogen (secondary N) is 1. The summed E-state index contributed by atoms with van der Waals surface area (Å²) in [6.45, 7) is 0. The molecular weight excluding hydrogens is 337 g/mol. The second-order valence-corrected chi connectivity index (χ2v) is 4.80. The van der Waals surface area contributed by atoms with Gasteiger partial charge in [0.15, 0.2) is 23.0 Å². The number of nitrogens with zero attached hydrogens (tertiary/aromatic N) is 3. The summed E-state index contributed by atoms with van der Waals surface area (Å²) < 4.78 is 50.4. The van der Waals surface area contributed by atoms with Crippen molar-refractivity contribution in [3.8, 4) is 35.1 Å². The van der Waals surface area contributed by atoms with Gasteiger partial charge in [0.2, 0.25) is 5.71 Å². The Kier molecular flexibility index (Phi) is 3.91. The molecule has 0 unspecified atom stereocenters. The molecule has 124 valence electrons. The molecule has 0 saturated heterocycles. The van der Waals surface area contributed by atoms with Crippen molar-refractivity contribution < 1.29 is 22.6 Å². The Labute approximate surface area is 139 Å². The van der Waals surface area contributed by atoms with Crippen molar-refractivity contribution in [2.75, 3.05) is 5.43 Å². The highest BCUT2D eigenvalue weighted by Crippen LogP contribution is 2.50. The van der Waals surface area contributed by atoms with Crippen LogP contribution in [0.15, 0.2) is 41.5 Å². The molecule has 0 amide bonds. The number of ether oxygens (including phenoxy) is 2. The molecule has 6 nitrogen and oxygen atoms in total. The minimum absolute atomic E-state index is 0.0364. The van der Waals surface area contributed by atoms with Crippen molar-refractivity contribution in [2.45, 2.75) is 6.18 Å². The van der Waals surface area contributed by atoms with E-state index >= 15 is 0 Å². The summed E-state index contributed by atoms with van der Waals surface area (Å²) in [7, 11) is 0. The first-order valence-electron chi connectivity index (χ1n) is 6.76. The lowest BCUT2D eigenvalue weighted by molar-refractivity contribution is -0.137. The third-order valence-corrected chi connectivity index (χ3v) is 3.16. The Balaban J connectivity index is 2.10. The number of alkyl halides is 3. The SMILES string of the molecule is N#CC(C#N)=NNc1cc(C(F)(F)F)cc2c1Oc1ccccc1O2. The van der Waals surface area contributed by atoms with E-state index in [9.17, 15) is 13.2 Å². The largest absolute Gasteiger partial charge is 0.449 e. The molecule has 0 atom stereocenters. The average Bonchev–Trinajstić information content (AvgIpc) is 2.59. The first kappa shape index (κ1) is 16.1. The third-order valence-electron chi connectivity index (χ3n) is 3.16. The summed E-state index contributed by atoms with van der Waals surface area (Å²) in [5.41, 5.74) is 0.513. The molecule has 9 heteroatoms. The Bertz CT molecular complexity index is 939. The fourth-order valence-electron chi connectivity index (χ4n) is 2.07. The molecule has 0 spiro atoms. The van der Waals surface area contributed by atoms with Crippen molar-refractivity contribution in [1.29, 1.82) is 10.5 Å². The van der Waals surface area contributed by atoms with E-state index < -0.39 is 17.5 Å². The summed E-state index contributed by atoms with van der Waals surface area (Å²) in [4.78, 5) is 0. The van der Waals surface area contributed by atoms with Gasteiger partial charge in [-0.3, -0.25) is 5.43 Å². The second-order valence-electron chi connectivity index (χ2n) is 4.80. The Hall–Kier alpha value is -3.72. The van der Waals surface area contributed by atoms with Crippen molar-refractivity contribution >= 4 is 11.4 Å². The number of rotatable bonds is 2. The molecule has 2 aromatic rings. The fourth-order valence-corrected chi connectivity index (χ4v) is 2.07. The van der Waals surface area contributed by atoms with Crippen LogP contribution in [0.3, 0.4) is 0 Å². The van der Waals surface area contributed by atoms with Crippen molar-refractivity contribution in [1.82, 2.24) is 0 Å². The number of para-hydroxylation sites is 2. The number of benzene rings is 2. The summed E-state index contributed by atoms with van der Waals surface area (Å²) in [6.07, 6.45) is -4.64. The van der Waals surface area contributed by atoms with E-state index in [1.54, 1.807) is 24.3 Å². The van der Waals surface area contributed by atoms with Gasteiger partial charge in [-0.05, 0) is 24.3 Å². The van der Waals surface area contributed by atoms with E-state index in [4.69, 9.17) is 20.0 Å². The van der Waals surface area contributed by atoms with E-state index in [0.29, 0.717) is 5.75 Å². The van der Waals surface area contributed by atoms with Crippen LogP contribution in [0.1, 0.15) is 5.56 Å². The normalized spacial score (nSPS) is 11.6. The van der Waals surface area contributed by atoms with E-state index in [1.807, 2.05) is 0 Å². The van der Waals surface area contributed by atoms with E-state index in [-0.39, 0.29) is 22.9 Å². The van der Waals surface area contributed by atoms with Gasteiger partial charge in [0.1, 0.15) is 17.8 Å². The summed E-state index contributed by atoms with van der Waals surface area (Å²) in [5, 5.41) is 20.8. The van der Waals surface area contributed by atoms with Crippen LogP contribution < -0.4 is 14.9 Å². The maximum atomic E-state index is 13.1. The van der Waals surface area contributed by atoms with Crippen molar-refractivity contribution in [2.24, 2.45) is 5.10 Å². The minimum Gasteiger partial charge on any atom is -0.449 e. The summed E-state index contributed by atoms with van der Waals surface area (Å²) in [6, 6.07) is 11.0. The highest BCUT2D eigenvalue weighted by Gasteiger charge is 2.34. The number of anilines is 1. The minimum atomic E-state index is -4.64. The maximum absolute atomic E-state index is 13.1. The van der Waals surface area contributed by atoms with Crippen LogP contribution in [0, 0.1) is 22.7 Å². The molecular formula is C16H7F3N4O2. The monoisotopic (exact) mass is 344 g/mol. The number of hydrogen-bond donors (Lipinski definition) is 1. The molecule has 1 N–H and O–H groups in total. The lowest BCUT2D eigenvalue weighted by Crippen LogP contribution is -2.09. The Morgan fingerprint density at radius 2 is 1.64 bits per heavy atom. The zero-order valence-electron chi connectivity index (χ0n) is 12.3. The van der Waals surface area contributed by atoms with Crippen LogP contribution in [-0.4, -0.2) is 5.71 Å². The molecule has 0 fully saturated rings. The van der Waals surface area contributed by atoms with Crippen LogP contribution in [-0.2, 0) is 6.18 Å². The molecule has 0 bridgehead atoms. The molecule has 0 aromatic heterocycles. The smallest absolute Gasteiger partial charge is 0.416 e. The van der Waals surface area contributed by atoms with Gasteiger partial charge in [0, 0.05) is 0 Å². The standard InChI is InChI=1S/C16H7F3N4O2/c17-16(18,19)9-5-11(23-22-10(7-20)8-21)15-14(6-9)24-12-3-1-2-4-13(12)25-15/h1-6,23H. The van der Waals surface area contributed by atoms with Gasteiger partial charge in [-0.15, -0.1) is 0 Å². The highest BCUT2D eigenvalue weighted by atomic mass is 19.4. The van der Waals surface area contributed by atoms with Gasteiger partial charge < -0.3 is 9.47 Å². The quantitative estimate of drug-likeness (QED) is 0.549. The zero-order valence-corrected chi connectivity index (χ0v) is 12.3. The number of nitriles is 2. The molecule has 1 aliphatic rings. The van der Waals surface area contributed by atoms with Gasteiger partial charge in [-0.2, -0.15) is 28.8 Å². The third kappa shape index (κ3) is 3.16. The molecule has 0 aliphatic carbocycles. The number of hydrogen-bond acceptors (Lipinski definition) is 6. The first-order chi connectivity index (χ1) is 11.9. The van der Waals surface area contributed by atoms with Gasteiger partial charge in [0.05, 0.1) is 5.56 Å². The van der Waals surface area contributed by atoms with Crippen LogP contribution in [0.5, 0.6) is 23.0 Å². The molecule has 3 rings (SSSR count). The van der Waals surface area contributed by atoms with Crippen LogP contribution in [0.4, 0.5) is 18.9 Å². The van der Waals surface area contributed by atoms with Gasteiger partial charge in [0.25, 0.3) is 0 Å². The van der Waals surface area contributed by atoms with Crippen molar-refractivity contribution in [3.05, 3.63) is 42.0 Å². The maximum Gasteiger partial charge on any atom is 0.416 e. The predicted octanol–water partition coefficient (Wildman–Crippen LogP) is 4.42. The molecule has 2 aromatic carbocycles. The number of fused-ring (bicyclic) bond motifs is 2. The van der Waals surface area contributed by atoms with Gasteiger partial charge in [-0.25, -0.2) is 0 Å². The van der Waals surface area contributed by atoms with Gasteiger partial charge >= 0.3 is 6.18 Å². The molecule has 1 heterocycles. The molecule has 0 saturated carbocycles. The Morgan fingerprint density at radius 1 is 1.00 bits per heavy atom. The van der Waals surface area contributed by atoms with Crippen LogP contribution in [0.2, 0.25) is 0 Å². The average molecular weight is 344 g/mol. The summed E-state index contributed by atoms with van der Waals surface area (Å²) >= 11 is 0. The van der Waals surface area contributed by atoms with E-state index in [2.05, 4.69) is 10.5 Å². The van der Waals surface area contributed by atoms with Gasteiger partial charge in [-0.1, -0.05) is 12.1 Å². The van der Waals surface area contributed by atoms with E-state index in [0.717, 1.165) is 12.1 Å². The first-order valence-corrected chi connectivity index (χ1v) is 6.76. The van der Waals surface area contributed by atoms with Crippen LogP contribution in [0.25, 0.3) is 0 Å². The lowest BCUT2D eigenvalue weighted by Gasteiger charge is -2.23. The number of halogens is 3. The lowest BCUT2D eigenvalue weighted by atomic mass is 10.1.